The Morgan fingerprint density at radius 2 is 1.83 bits per heavy atom. The molecule has 6 nitrogen and oxygen atoms in total. The number of nitrogens with zero attached hydrogens (tertiary/aromatic N) is 1. The van der Waals surface area contributed by atoms with E-state index in [9.17, 15) is 9.59 Å². The SMILES string of the molecule is CC(C)c1ccc(C(N)CNC(=O)[C@@H]2CCCN2C(N)=O)cc1.Cl. The number of likely N-dealkylation sites (tertiary alicyclic amines) is 1. The van der Waals surface area contributed by atoms with Crippen LogP contribution in [0.25, 0.3) is 0 Å². The van der Waals surface area contributed by atoms with Crippen molar-refractivity contribution < 1.29 is 9.59 Å². The zero-order valence-corrected chi connectivity index (χ0v) is 15.0. The quantitative estimate of drug-likeness (QED) is 0.752. The van der Waals surface area contributed by atoms with Gasteiger partial charge in [0.05, 0.1) is 0 Å². The van der Waals surface area contributed by atoms with Gasteiger partial charge in [0.2, 0.25) is 5.91 Å². The number of amides is 3. The second-order valence-electron chi connectivity index (χ2n) is 6.36. The molecular formula is C17H27ClN4O2. The molecule has 1 unspecified atom stereocenters. The Balaban J connectivity index is 0.00000288. The molecule has 0 aliphatic carbocycles. The molecule has 0 aromatic heterocycles. The lowest BCUT2D eigenvalue weighted by molar-refractivity contribution is -0.124. The molecule has 134 valence electrons. The predicted molar refractivity (Wildman–Crippen MR) is 97.0 cm³/mol. The Morgan fingerprint density at radius 1 is 1.25 bits per heavy atom. The van der Waals surface area contributed by atoms with Gasteiger partial charge in [-0.25, -0.2) is 4.79 Å². The fourth-order valence-electron chi connectivity index (χ4n) is 2.88. The maximum absolute atomic E-state index is 12.2. The Morgan fingerprint density at radius 3 is 2.38 bits per heavy atom. The summed E-state index contributed by atoms with van der Waals surface area (Å²) in [4.78, 5) is 24.9. The van der Waals surface area contributed by atoms with Crippen molar-refractivity contribution in [2.45, 2.75) is 44.7 Å². The highest BCUT2D eigenvalue weighted by Crippen LogP contribution is 2.19. The minimum Gasteiger partial charge on any atom is -0.352 e. The molecular weight excluding hydrogens is 328 g/mol. The predicted octanol–water partition coefficient (Wildman–Crippen LogP) is 1.89. The van der Waals surface area contributed by atoms with E-state index in [2.05, 4.69) is 31.3 Å². The number of carbonyl (C=O) groups excluding carboxylic acids is 2. The van der Waals surface area contributed by atoms with Crippen molar-refractivity contribution in [3.63, 3.8) is 0 Å². The highest BCUT2D eigenvalue weighted by molar-refractivity contribution is 5.87. The van der Waals surface area contributed by atoms with Gasteiger partial charge in [0.25, 0.3) is 0 Å². The number of hydrogen-bond acceptors (Lipinski definition) is 3. The molecule has 1 aliphatic heterocycles. The van der Waals surface area contributed by atoms with Gasteiger partial charge in [-0.1, -0.05) is 38.1 Å². The van der Waals surface area contributed by atoms with Crippen LogP contribution in [-0.2, 0) is 4.79 Å². The number of carbonyl (C=O) groups is 2. The first kappa shape index (κ1) is 20.3. The second kappa shape index (κ2) is 8.89. The van der Waals surface area contributed by atoms with Crippen LogP contribution < -0.4 is 16.8 Å². The van der Waals surface area contributed by atoms with Crippen LogP contribution in [0.1, 0.15) is 49.8 Å². The number of rotatable bonds is 5. The fourth-order valence-corrected chi connectivity index (χ4v) is 2.88. The fraction of sp³-hybridized carbons (Fsp3) is 0.529. The number of primary amides is 1. The average Bonchev–Trinajstić information content (AvgIpc) is 3.02. The van der Waals surface area contributed by atoms with Crippen LogP contribution in [0.15, 0.2) is 24.3 Å². The van der Waals surface area contributed by atoms with Crippen LogP contribution in [0, 0.1) is 0 Å². The average molecular weight is 355 g/mol. The summed E-state index contributed by atoms with van der Waals surface area (Å²) in [7, 11) is 0. The van der Waals surface area contributed by atoms with E-state index in [1.165, 1.54) is 10.5 Å². The molecule has 7 heteroatoms. The van der Waals surface area contributed by atoms with Crippen LogP contribution in [0.4, 0.5) is 4.79 Å². The van der Waals surface area contributed by atoms with E-state index in [-0.39, 0.29) is 24.4 Å². The van der Waals surface area contributed by atoms with Gasteiger partial charge in [0.1, 0.15) is 6.04 Å². The Bertz CT molecular complexity index is 562. The van der Waals surface area contributed by atoms with Crippen molar-refractivity contribution >= 4 is 24.3 Å². The van der Waals surface area contributed by atoms with Crippen molar-refractivity contribution in [1.82, 2.24) is 10.2 Å². The third-order valence-electron chi connectivity index (χ3n) is 4.37. The van der Waals surface area contributed by atoms with Crippen molar-refractivity contribution in [2.75, 3.05) is 13.1 Å². The van der Waals surface area contributed by atoms with E-state index >= 15 is 0 Å². The number of nitrogens with one attached hydrogen (secondary N) is 1. The van der Waals surface area contributed by atoms with Gasteiger partial charge in [-0.15, -0.1) is 12.4 Å². The number of hydrogen-bond donors (Lipinski definition) is 3. The third-order valence-corrected chi connectivity index (χ3v) is 4.37. The molecule has 1 fully saturated rings. The third kappa shape index (κ3) is 4.85. The van der Waals surface area contributed by atoms with E-state index in [0.717, 1.165) is 12.0 Å². The topological polar surface area (TPSA) is 101 Å². The molecule has 1 saturated heterocycles. The molecule has 1 aliphatic rings. The van der Waals surface area contributed by atoms with Gasteiger partial charge < -0.3 is 21.7 Å². The largest absolute Gasteiger partial charge is 0.352 e. The van der Waals surface area contributed by atoms with Gasteiger partial charge in [-0.2, -0.15) is 0 Å². The van der Waals surface area contributed by atoms with Crippen molar-refractivity contribution in [3.05, 3.63) is 35.4 Å². The summed E-state index contributed by atoms with van der Waals surface area (Å²) in [6.45, 7) is 5.15. The zero-order chi connectivity index (χ0) is 17.0. The van der Waals surface area contributed by atoms with E-state index in [4.69, 9.17) is 11.5 Å². The normalized spacial score (nSPS) is 18.2. The lowest BCUT2D eigenvalue weighted by Gasteiger charge is -2.22. The summed E-state index contributed by atoms with van der Waals surface area (Å²) in [5.74, 6) is 0.290. The maximum atomic E-state index is 12.2. The van der Waals surface area contributed by atoms with Crippen LogP contribution in [0.2, 0.25) is 0 Å². The minimum atomic E-state index is -0.545. The summed E-state index contributed by atoms with van der Waals surface area (Å²) in [6.07, 6.45) is 1.44. The zero-order valence-electron chi connectivity index (χ0n) is 14.2. The standard InChI is InChI=1S/C17H26N4O2.ClH/c1-11(2)12-5-7-13(8-6-12)14(18)10-20-16(22)15-4-3-9-21(15)17(19)23;/h5-8,11,14-15H,3-4,9-10,18H2,1-2H3,(H2,19,23)(H,20,22);1H/t14?,15-;/m0./s1. The van der Waals surface area contributed by atoms with Crippen LogP contribution in [-0.4, -0.2) is 36.0 Å². The summed E-state index contributed by atoms with van der Waals surface area (Å²) in [5, 5.41) is 2.83. The van der Waals surface area contributed by atoms with Crippen LogP contribution >= 0.6 is 12.4 Å². The molecule has 2 atom stereocenters. The van der Waals surface area contributed by atoms with Crippen molar-refractivity contribution in [1.29, 1.82) is 0 Å². The molecule has 0 bridgehead atoms. The molecule has 3 amide bonds. The van der Waals surface area contributed by atoms with Crippen molar-refractivity contribution in [2.24, 2.45) is 11.5 Å². The molecule has 0 radical (unpaired) electrons. The minimum absolute atomic E-state index is 0. The first-order chi connectivity index (χ1) is 10.9. The van der Waals surface area contributed by atoms with Gasteiger partial charge in [0.15, 0.2) is 0 Å². The van der Waals surface area contributed by atoms with Gasteiger partial charge >= 0.3 is 6.03 Å². The molecule has 1 aromatic rings. The number of nitrogens with two attached hydrogens (primary N) is 2. The Hall–Kier alpha value is -1.79. The number of urea groups is 1. The lowest BCUT2D eigenvalue weighted by Crippen LogP contribution is -2.49. The molecule has 5 N–H and O–H groups in total. The van der Waals surface area contributed by atoms with Crippen LogP contribution in [0.3, 0.4) is 0 Å². The maximum Gasteiger partial charge on any atom is 0.315 e. The number of benzene rings is 1. The van der Waals surface area contributed by atoms with E-state index in [1.54, 1.807) is 0 Å². The van der Waals surface area contributed by atoms with Gasteiger partial charge in [-0.05, 0) is 29.9 Å². The first-order valence-corrected chi connectivity index (χ1v) is 8.09. The Labute approximate surface area is 149 Å². The lowest BCUT2D eigenvalue weighted by atomic mass is 9.99. The summed E-state index contributed by atoms with van der Waals surface area (Å²) in [5.41, 5.74) is 13.7. The summed E-state index contributed by atoms with van der Waals surface area (Å²) < 4.78 is 0. The van der Waals surface area contributed by atoms with Crippen molar-refractivity contribution in [3.8, 4) is 0 Å². The molecule has 24 heavy (non-hydrogen) atoms. The first-order valence-electron chi connectivity index (χ1n) is 8.09. The highest BCUT2D eigenvalue weighted by atomic mass is 35.5. The Kier molecular flexibility index (Phi) is 7.51. The highest BCUT2D eigenvalue weighted by Gasteiger charge is 2.32. The molecule has 2 rings (SSSR count). The monoisotopic (exact) mass is 354 g/mol. The smallest absolute Gasteiger partial charge is 0.315 e. The summed E-state index contributed by atoms with van der Waals surface area (Å²) >= 11 is 0. The van der Waals surface area contributed by atoms with Gasteiger partial charge in [0, 0.05) is 19.1 Å². The van der Waals surface area contributed by atoms with E-state index < -0.39 is 12.1 Å². The molecule has 0 saturated carbocycles. The van der Waals surface area contributed by atoms with Crippen LogP contribution in [0.5, 0.6) is 0 Å². The molecule has 0 spiro atoms. The van der Waals surface area contributed by atoms with E-state index in [0.29, 0.717) is 25.4 Å². The second-order valence-corrected chi connectivity index (χ2v) is 6.36. The molecule has 1 heterocycles. The molecule has 1 aromatic carbocycles. The number of halogens is 1. The van der Waals surface area contributed by atoms with E-state index in [1.807, 2.05) is 12.1 Å². The van der Waals surface area contributed by atoms with Gasteiger partial charge in [-0.3, -0.25) is 4.79 Å². The summed E-state index contributed by atoms with van der Waals surface area (Å²) in [6, 6.07) is 6.83.